The fourth-order valence-electron chi connectivity index (χ4n) is 3.17. The predicted molar refractivity (Wildman–Crippen MR) is 106 cm³/mol. The molecule has 0 saturated heterocycles. The van der Waals surface area contributed by atoms with Gasteiger partial charge in [-0.05, 0) is 0 Å². The van der Waals surface area contributed by atoms with Crippen molar-refractivity contribution in [3.8, 4) is 0 Å². The molecule has 116 valence electrons. The van der Waals surface area contributed by atoms with Crippen LogP contribution in [-0.4, -0.2) is 11.1 Å². The van der Waals surface area contributed by atoms with E-state index in [4.69, 9.17) is 0 Å². The minimum absolute atomic E-state index is 0.597. The second-order valence-corrected chi connectivity index (χ2v) is 11.9. The van der Waals surface area contributed by atoms with Gasteiger partial charge >= 0.3 is 145 Å². The molecule has 0 bridgehead atoms. The van der Waals surface area contributed by atoms with Gasteiger partial charge in [-0.15, -0.1) is 0 Å². The molecule has 0 heterocycles. The third-order valence-corrected chi connectivity index (χ3v) is 13.0. The van der Waals surface area contributed by atoms with Crippen LogP contribution in [0.4, 0.5) is 0 Å². The molecular formula is C20H18BrOP. The van der Waals surface area contributed by atoms with E-state index in [-0.39, 0.29) is 0 Å². The Morgan fingerprint density at radius 2 is 0.957 bits per heavy atom. The number of halogens is 1. The number of alkyl halides is 1. The SMILES string of the molecule is O=CP(CBr)(c1ccccc1)(c1ccccc1)c1ccccc1. The minimum atomic E-state index is -3.19. The van der Waals surface area contributed by atoms with E-state index in [9.17, 15) is 4.79 Å². The summed E-state index contributed by atoms with van der Waals surface area (Å²) >= 11 is 3.73. The number of rotatable bonds is 5. The number of carbonyl (C=O) groups is 1. The van der Waals surface area contributed by atoms with Gasteiger partial charge in [0.05, 0.1) is 0 Å². The van der Waals surface area contributed by atoms with Gasteiger partial charge < -0.3 is 0 Å². The number of carbonyl (C=O) groups excluding carboxylic acids is 1. The zero-order chi connectivity index (χ0) is 16.2. The zero-order valence-corrected chi connectivity index (χ0v) is 15.2. The summed E-state index contributed by atoms with van der Waals surface area (Å²) in [5.41, 5.74) is 0. The van der Waals surface area contributed by atoms with Gasteiger partial charge in [-0.2, -0.15) is 0 Å². The molecule has 3 rings (SSSR count). The van der Waals surface area contributed by atoms with Crippen LogP contribution in [0.25, 0.3) is 0 Å². The first kappa shape index (κ1) is 16.1. The van der Waals surface area contributed by atoms with Crippen molar-refractivity contribution in [2.45, 2.75) is 0 Å². The van der Waals surface area contributed by atoms with Crippen LogP contribution in [0, 0.1) is 0 Å². The molecule has 0 radical (unpaired) electrons. The van der Waals surface area contributed by atoms with Crippen molar-refractivity contribution in [2.24, 2.45) is 0 Å². The van der Waals surface area contributed by atoms with E-state index < -0.39 is 6.60 Å². The van der Waals surface area contributed by atoms with Crippen molar-refractivity contribution in [1.29, 1.82) is 0 Å². The van der Waals surface area contributed by atoms with Gasteiger partial charge in [-0.1, -0.05) is 0 Å². The van der Waals surface area contributed by atoms with Gasteiger partial charge in [0.25, 0.3) is 0 Å². The maximum atomic E-state index is 12.8. The summed E-state index contributed by atoms with van der Waals surface area (Å²) in [5, 5.41) is 3.86. The molecule has 0 saturated carbocycles. The number of hydrogen-bond donors (Lipinski definition) is 0. The first-order valence-corrected chi connectivity index (χ1v) is 11.1. The number of hydrogen-bond acceptors (Lipinski definition) is 1. The predicted octanol–water partition coefficient (Wildman–Crippen LogP) is 4.06. The molecule has 3 aromatic rings. The summed E-state index contributed by atoms with van der Waals surface area (Å²) in [4.78, 5) is 12.8. The third-order valence-electron chi connectivity index (χ3n) is 4.52. The average Bonchev–Trinajstić information content (AvgIpc) is 2.67. The van der Waals surface area contributed by atoms with Crippen LogP contribution in [0.15, 0.2) is 91.0 Å². The van der Waals surface area contributed by atoms with E-state index >= 15 is 0 Å². The fourth-order valence-corrected chi connectivity index (χ4v) is 10.4. The second kappa shape index (κ2) is 6.39. The summed E-state index contributed by atoms with van der Waals surface area (Å²) in [6.07, 6.45) is 0. The standard InChI is InChI=1S/C20H18BrOP/c21-16-23(17-22,18-10-4-1-5-11-18,19-12-6-2-7-13-19)20-14-8-3-9-15-20/h1-15,17H,16H2. The van der Waals surface area contributed by atoms with Gasteiger partial charge in [0, 0.05) is 0 Å². The molecular weight excluding hydrogens is 367 g/mol. The van der Waals surface area contributed by atoms with Crippen LogP contribution in [0.1, 0.15) is 0 Å². The van der Waals surface area contributed by atoms with Crippen LogP contribution in [0.3, 0.4) is 0 Å². The Morgan fingerprint density at radius 3 is 1.17 bits per heavy atom. The Kier molecular flexibility index (Phi) is 4.48. The Hall–Kier alpha value is -1.76. The molecule has 0 atom stereocenters. The third kappa shape index (κ3) is 2.29. The van der Waals surface area contributed by atoms with Crippen molar-refractivity contribution in [1.82, 2.24) is 0 Å². The van der Waals surface area contributed by atoms with E-state index in [1.165, 1.54) is 6.03 Å². The summed E-state index contributed by atoms with van der Waals surface area (Å²) in [6.45, 7) is -3.19. The van der Waals surface area contributed by atoms with Crippen molar-refractivity contribution in [3.63, 3.8) is 0 Å². The van der Waals surface area contributed by atoms with Crippen molar-refractivity contribution in [2.75, 3.05) is 5.07 Å². The van der Waals surface area contributed by atoms with E-state index in [0.717, 1.165) is 15.9 Å². The molecule has 1 nitrogen and oxygen atoms in total. The Morgan fingerprint density at radius 1 is 0.652 bits per heavy atom. The summed E-state index contributed by atoms with van der Waals surface area (Å²) in [5.74, 6) is 0. The van der Waals surface area contributed by atoms with E-state index in [0.29, 0.717) is 5.07 Å². The van der Waals surface area contributed by atoms with Gasteiger partial charge in [-0.25, -0.2) is 0 Å². The zero-order valence-electron chi connectivity index (χ0n) is 12.7. The van der Waals surface area contributed by atoms with Crippen LogP contribution in [0.5, 0.6) is 0 Å². The van der Waals surface area contributed by atoms with Crippen molar-refractivity contribution < 1.29 is 4.79 Å². The van der Waals surface area contributed by atoms with Gasteiger partial charge in [0.2, 0.25) is 0 Å². The number of benzene rings is 3. The van der Waals surface area contributed by atoms with Crippen molar-refractivity contribution >= 4 is 44.5 Å². The maximum absolute atomic E-state index is 12.8. The molecule has 3 aromatic carbocycles. The molecule has 0 amide bonds. The monoisotopic (exact) mass is 384 g/mol. The molecule has 23 heavy (non-hydrogen) atoms. The van der Waals surface area contributed by atoms with Crippen LogP contribution in [-0.2, 0) is 4.79 Å². The molecule has 3 heteroatoms. The molecule has 0 unspecified atom stereocenters. The Labute approximate surface area is 145 Å². The summed E-state index contributed by atoms with van der Waals surface area (Å²) in [7, 11) is 0. The molecule has 0 N–H and O–H groups in total. The van der Waals surface area contributed by atoms with E-state index in [1.54, 1.807) is 0 Å². The topological polar surface area (TPSA) is 17.1 Å². The van der Waals surface area contributed by atoms with Gasteiger partial charge in [0.15, 0.2) is 0 Å². The molecule has 0 spiro atoms. The summed E-state index contributed by atoms with van der Waals surface area (Å²) in [6, 6.07) is 31.7. The van der Waals surface area contributed by atoms with Crippen LogP contribution >= 0.6 is 22.5 Å². The Balaban J connectivity index is 2.49. The van der Waals surface area contributed by atoms with Gasteiger partial charge in [-0.3, -0.25) is 0 Å². The normalized spacial score (nSPS) is 13.0. The van der Waals surface area contributed by atoms with E-state index in [1.807, 2.05) is 54.6 Å². The molecule has 0 aliphatic rings. The fraction of sp³-hybridized carbons (Fsp3) is 0.0500. The first-order valence-electron chi connectivity index (χ1n) is 7.48. The molecule has 0 fully saturated rings. The Bertz CT molecular complexity index is 688. The quantitative estimate of drug-likeness (QED) is 0.368. The van der Waals surface area contributed by atoms with Crippen LogP contribution < -0.4 is 15.9 Å². The van der Waals surface area contributed by atoms with Crippen molar-refractivity contribution in [3.05, 3.63) is 91.0 Å². The average molecular weight is 385 g/mol. The van der Waals surface area contributed by atoms with Gasteiger partial charge in [0.1, 0.15) is 0 Å². The van der Waals surface area contributed by atoms with E-state index in [2.05, 4.69) is 52.3 Å². The molecule has 0 aliphatic carbocycles. The molecule has 0 aromatic heterocycles. The molecule has 0 aliphatic heterocycles. The summed E-state index contributed by atoms with van der Waals surface area (Å²) < 4.78 is 0. The van der Waals surface area contributed by atoms with Crippen LogP contribution in [0.2, 0.25) is 0 Å². The second-order valence-electron chi connectivity index (χ2n) is 5.61. The first-order chi connectivity index (χ1) is 11.3.